The molecule has 1 saturated heterocycles. The Bertz CT molecular complexity index is 1170. The number of likely N-dealkylation sites (tertiary alicyclic amines) is 1. The molecule has 2 amide bonds. The molecule has 2 heterocycles. The summed E-state index contributed by atoms with van der Waals surface area (Å²) in [5.74, 6) is 0.218. The monoisotopic (exact) mass is 496 g/mol. The van der Waals surface area contributed by atoms with Gasteiger partial charge >= 0.3 is 0 Å². The van der Waals surface area contributed by atoms with Crippen molar-refractivity contribution < 1.29 is 19.1 Å². The van der Waals surface area contributed by atoms with Crippen molar-refractivity contribution >= 4 is 29.2 Å². The number of benzene rings is 2. The molecule has 0 bridgehead atoms. The summed E-state index contributed by atoms with van der Waals surface area (Å²) in [4.78, 5) is 40.0. The molecular weight excluding hydrogens is 464 g/mol. The first-order valence-electron chi connectivity index (χ1n) is 12.1. The lowest BCUT2D eigenvalue weighted by Gasteiger charge is -2.44. The summed E-state index contributed by atoms with van der Waals surface area (Å²) in [5, 5.41) is 3.34. The van der Waals surface area contributed by atoms with Crippen molar-refractivity contribution in [1.82, 2.24) is 10.2 Å². The van der Waals surface area contributed by atoms with Crippen LogP contribution in [-0.4, -0.2) is 47.7 Å². The number of hydrogen-bond donors (Lipinski definition) is 1. The second-order valence-electron chi connectivity index (χ2n) is 10.8. The highest BCUT2D eigenvalue weighted by molar-refractivity contribution is 6.32. The van der Waals surface area contributed by atoms with Crippen LogP contribution in [0.3, 0.4) is 0 Å². The largest absolute Gasteiger partial charge is 0.486 e. The zero-order valence-electron chi connectivity index (χ0n) is 21.1. The third-order valence-corrected chi connectivity index (χ3v) is 7.75. The highest BCUT2D eigenvalue weighted by Gasteiger charge is 2.44. The number of nitrogens with zero attached hydrogens (tertiary/aromatic N) is 1. The van der Waals surface area contributed by atoms with E-state index < -0.39 is 5.60 Å². The molecule has 0 radical (unpaired) electrons. The van der Waals surface area contributed by atoms with E-state index in [2.05, 4.69) is 26.1 Å². The van der Waals surface area contributed by atoms with Gasteiger partial charge in [0.05, 0.1) is 18.5 Å². The molecule has 1 fully saturated rings. The predicted molar refractivity (Wildman–Crippen MR) is 137 cm³/mol. The highest BCUT2D eigenvalue weighted by Crippen LogP contribution is 2.43. The fourth-order valence-corrected chi connectivity index (χ4v) is 5.08. The van der Waals surface area contributed by atoms with Gasteiger partial charge in [0.25, 0.3) is 5.91 Å². The van der Waals surface area contributed by atoms with Crippen LogP contribution in [0.2, 0.25) is 5.02 Å². The topological polar surface area (TPSA) is 75.7 Å². The molecule has 2 aliphatic heterocycles. The summed E-state index contributed by atoms with van der Waals surface area (Å²) >= 11 is 6.35. The summed E-state index contributed by atoms with van der Waals surface area (Å²) in [6.45, 7) is 11.0. The number of hydrogen-bond acceptors (Lipinski definition) is 4. The van der Waals surface area contributed by atoms with Crippen LogP contribution in [0, 0.1) is 13.8 Å². The van der Waals surface area contributed by atoms with Gasteiger partial charge in [0.15, 0.2) is 5.78 Å². The van der Waals surface area contributed by atoms with Crippen molar-refractivity contribution in [3.63, 3.8) is 0 Å². The summed E-state index contributed by atoms with van der Waals surface area (Å²) in [6.07, 6.45) is 1.41. The number of halogens is 1. The zero-order valence-corrected chi connectivity index (χ0v) is 21.8. The Balaban J connectivity index is 1.34. The van der Waals surface area contributed by atoms with Crippen LogP contribution in [0.1, 0.15) is 77.4 Å². The standard InChI is InChI=1S/C28H33ClN2O4/c1-17-14-22-24(18(2)25(17)29)21(32)15-28(35-22)10-12-31(13-11-28)23(33)16-30-26(34)19-6-8-20(9-7-19)27(3,4)5/h6-9,14H,10-13,15-16H2,1-5H3,(H,30,34). The van der Waals surface area contributed by atoms with Crippen molar-refractivity contribution in [3.05, 3.63) is 63.2 Å². The van der Waals surface area contributed by atoms with Gasteiger partial charge in [-0.1, -0.05) is 44.5 Å². The number of carbonyl (C=O) groups excluding carboxylic acids is 3. The first-order chi connectivity index (χ1) is 16.4. The van der Waals surface area contributed by atoms with Gasteiger partial charge in [0, 0.05) is 36.5 Å². The molecule has 1 spiro atoms. The molecule has 0 aromatic heterocycles. The lowest BCUT2D eigenvalue weighted by atomic mass is 9.81. The minimum atomic E-state index is -0.606. The number of ketones is 1. The van der Waals surface area contributed by atoms with Gasteiger partial charge in [-0.05, 0) is 54.2 Å². The van der Waals surface area contributed by atoms with Gasteiger partial charge in [0.2, 0.25) is 5.91 Å². The lowest BCUT2D eigenvalue weighted by molar-refractivity contribution is -0.133. The third-order valence-electron chi connectivity index (χ3n) is 7.17. The molecule has 0 saturated carbocycles. The van der Waals surface area contributed by atoms with Gasteiger partial charge in [0.1, 0.15) is 11.4 Å². The first-order valence-corrected chi connectivity index (χ1v) is 12.5. The first kappa shape index (κ1) is 25.2. The van der Waals surface area contributed by atoms with Crippen molar-refractivity contribution in [2.24, 2.45) is 0 Å². The summed E-state index contributed by atoms with van der Waals surface area (Å²) in [5.41, 5.74) is 3.29. The molecule has 0 aliphatic carbocycles. The van der Waals surface area contributed by atoms with E-state index in [4.69, 9.17) is 16.3 Å². The fraction of sp³-hybridized carbons (Fsp3) is 0.464. The number of fused-ring (bicyclic) bond motifs is 1. The second-order valence-corrected chi connectivity index (χ2v) is 11.2. The normalized spacial score (nSPS) is 17.1. The predicted octanol–water partition coefficient (Wildman–Crippen LogP) is 5.01. The number of carbonyl (C=O) groups is 3. The van der Waals surface area contributed by atoms with Gasteiger partial charge in [-0.15, -0.1) is 0 Å². The van der Waals surface area contributed by atoms with E-state index in [1.165, 1.54) is 0 Å². The van der Waals surface area contributed by atoms with Crippen molar-refractivity contribution in [3.8, 4) is 5.75 Å². The van der Waals surface area contributed by atoms with Crippen LogP contribution in [0.25, 0.3) is 0 Å². The Morgan fingerprint density at radius 2 is 1.74 bits per heavy atom. The molecule has 35 heavy (non-hydrogen) atoms. The van der Waals surface area contributed by atoms with E-state index >= 15 is 0 Å². The summed E-state index contributed by atoms with van der Waals surface area (Å²) in [6, 6.07) is 9.31. The van der Waals surface area contributed by atoms with E-state index in [1.54, 1.807) is 17.0 Å². The Morgan fingerprint density at radius 3 is 2.34 bits per heavy atom. The molecule has 6 nitrogen and oxygen atoms in total. The van der Waals surface area contributed by atoms with E-state index in [9.17, 15) is 14.4 Å². The van der Waals surface area contributed by atoms with Gasteiger partial charge in [-0.25, -0.2) is 0 Å². The van der Waals surface area contributed by atoms with Crippen LogP contribution in [0.15, 0.2) is 30.3 Å². The highest BCUT2D eigenvalue weighted by atomic mass is 35.5. The number of piperidine rings is 1. The van der Waals surface area contributed by atoms with E-state index in [0.717, 1.165) is 16.7 Å². The van der Waals surface area contributed by atoms with Crippen molar-refractivity contribution in [2.45, 2.75) is 64.9 Å². The average Bonchev–Trinajstić information content (AvgIpc) is 2.80. The van der Waals surface area contributed by atoms with Crippen LogP contribution in [-0.2, 0) is 10.2 Å². The maximum absolute atomic E-state index is 13.0. The minimum Gasteiger partial charge on any atom is -0.486 e. The van der Waals surface area contributed by atoms with E-state index in [1.807, 2.05) is 32.0 Å². The molecule has 0 atom stereocenters. The number of ether oxygens (including phenoxy) is 1. The number of Topliss-reactive ketones (excluding diaryl/α,β-unsaturated/α-hetero) is 1. The number of amides is 2. The number of aryl methyl sites for hydroxylation is 1. The molecular formula is C28H33ClN2O4. The fourth-order valence-electron chi connectivity index (χ4n) is 4.93. The molecule has 4 rings (SSSR count). The van der Waals surface area contributed by atoms with Crippen molar-refractivity contribution in [1.29, 1.82) is 0 Å². The summed E-state index contributed by atoms with van der Waals surface area (Å²) < 4.78 is 6.38. The molecule has 2 aromatic rings. The average molecular weight is 497 g/mol. The zero-order chi connectivity index (χ0) is 25.5. The van der Waals surface area contributed by atoms with Gasteiger partial charge in [-0.3, -0.25) is 14.4 Å². The number of rotatable bonds is 3. The molecule has 0 unspecified atom stereocenters. The third kappa shape index (κ3) is 5.08. The van der Waals surface area contributed by atoms with Gasteiger partial charge in [-0.2, -0.15) is 0 Å². The lowest BCUT2D eigenvalue weighted by Crippen LogP contribution is -2.53. The molecule has 7 heteroatoms. The van der Waals surface area contributed by atoms with Crippen LogP contribution in [0.5, 0.6) is 5.75 Å². The quantitative estimate of drug-likeness (QED) is 0.648. The maximum atomic E-state index is 13.0. The van der Waals surface area contributed by atoms with Crippen molar-refractivity contribution in [2.75, 3.05) is 19.6 Å². The molecule has 2 aromatic carbocycles. The Labute approximate surface area is 212 Å². The molecule has 2 aliphatic rings. The Morgan fingerprint density at radius 1 is 1.11 bits per heavy atom. The minimum absolute atomic E-state index is 0.00996. The summed E-state index contributed by atoms with van der Waals surface area (Å²) in [7, 11) is 0. The molecule has 1 N–H and O–H groups in total. The van der Waals surface area contributed by atoms with Crippen LogP contribution in [0.4, 0.5) is 0 Å². The maximum Gasteiger partial charge on any atom is 0.251 e. The van der Waals surface area contributed by atoms with Crippen LogP contribution >= 0.6 is 11.6 Å². The second kappa shape index (κ2) is 9.30. The molecule has 186 valence electrons. The van der Waals surface area contributed by atoms with Gasteiger partial charge < -0.3 is 15.0 Å². The Kier molecular flexibility index (Phi) is 6.71. The van der Waals surface area contributed by atoms with E-state index in [-0.39, 0.29) is 36.0 Å². The smallest absolute Gasteiger partial charge is 0.251 e. The number of nitrogens with one attached hydrogen (secondary N) is 1. The van der Waals surface area contributed by atoms with Crippen LogP contribution < -0.4 is 10.1 Å². The Hall–Kier alpha value is -2.86. The SMILES string of the molecule is Cc1cc2c(c(C)c1Cl)C(=O)CC1(CCN(C(=O)CNC(=O)c3ccc(C(C)(C)C)cc3)CC1)O2. The van der Waals surface area contributed by atoms with E-state index in [0.29, 0.717) is 47.8 Å².